The highest BCUT2D eigenvalue weighted by Gasteiger charge is 2.25. The Morgan fingerprint density at radius 3 is 2.95 bits per heavy atom. The van der Waals surface area contributed by atoms with Crippen molar-refractivity contribution in [2.45, 2.75) is 26.4 Å². The van der Waals surface area contributed by atoms with Crippen LogP contribution in [0, 0.1) is 0 Å². The second kappa shape index (κ2) is 5.12. The molecule has 0 saturated carbocycles. The number of phenolic OH excluding ortho intramolecular Hbond substituents is 1. The molecule has 1 aliphatic heterocycles. The maximum Gasteiger partial charge on any atom is 0.276 e. The Balaban J connectivity index is 1.85. The van der Waals surface area contributed by atoms with Crippen molar-refractivity contribution in [3.05, 3.63) is 41.2 Å². The number of phenols is 1. The fourth-order valence-corrected chi connectivity index (χ4v) is 2.63. The molecule has 0 unspecified atom stereocenters. The number of anilines is 1. The predicted molar refractivity (Wildman–Crippen MR) is 78.9 cm³/mol. The Morgan fingerprint density at radius 2 is 2.24 bits per heavy atom. The lowest BCUT2D eigenvalue weighted by Crippen LogP contribution is -2.36. The number of nitrogens with zero attached hydrogens (tertiary/aromatic N) is 3. The molecule has 1 aromatic heterocycles. The summed E-state index contributed by atoms with van der Waals surface area (Å²) in [5.41, 5.74) is 8.73. The molecule has 2 heterocycles. The molecular formula is C15H18N4O2. The Morgan fingerprint density at radius 1 is 1.43 bits per heavy atom. The number of carbonyl (C=O) groups is 1. The Bertz CT molecular complexity index is 693. The number of nitrogen functional groups attached to an aromatic ring is 1. The van der Waals surface area contributed by atoms with E-state index in [0.717, 1.165) is 12.0 Å². The quantitative estimate of drug-likeness (QED) is 0.873. The van der Waals surface area contributed by atoms with Gasteiger partial charge >= 0.3 is 0 Å². The summed E-state index contributed by atoms with van der Waals surface area (Å²) in [6.45, 7) is 3.73. The van der Waals surface area contributed by atoms with Crippen molar-refractivity contribution < 1.29 is 9.90 Å². The van der Waals surface area contributed by atoms with Gasteiger partial charge in [0.1, 0.15) is 5.75 Å². The summed E-state index contributed by atoms with van der Waals surface area (Å²) in [5.74, 6) is 0.0616. The molecule has 0 bridgehead atoms. The van der Waals surface area contributed by atoms with E-state index in [9.17, 15) is 9.90 Å². The largest absolute Gasteiger partial charge is 0.508 e. The molecule has 6 heteroatoms. The number of aryl methyl sites for hydroxylation is 1. The van der Waals surface area contributed by atoms with Crippen LogP contribution in [0.15, 0.2) is 24.4 Å². The lowest BCUT2D eigenvalue weighted by atomic mass is 9.99. The average Bonchev–Trinajstić information content (AvgIpc) is 2.87. The topological polar surface area (TPSA) is 84.4 Å². The van der Waals surface area contributed by atoms with E-state index >= 15 is 0 Å². The van der Waals surface area contributed by atoms with Crippen molar-refractivity contribution in [3.63, 3.8) is 0 Å². The SMILES string of the molecule is CCn1cc(N)c(C(=O)N2CCc3ccc(O)cc3C2)n1. The van der Waals surface area contributed by atoms with E-state index in [0.29, 0.717) is 31.0 Å². The van der Waals surface area contributed by atoms with Crippen molar-refractivity contribution in [1.29, 1.82) is 0 Å². The smallest absolute Gasteiger partial charge is 0.276 e. The van der Waals surface area contributed by atoms with E-state index < -0.39 is 0 Å². The lowest BCUT2D eigenvalue weighted by molar-refractivity contribution is 0.0728. The number of benzene rings is 1. The summed E-state index contributed by atoms with van der Waals surface area (Å²) >= 11 is 0. The van der Waals surface area contributed by atoms with Gasteiger partial charge in [-0.1, -0.05) is 6.07 Å². The van der Waals surface area contributed by atoms with E-state index in [1.807, 2.05) is 13.0 Å². The molecule has 3 N–H and O–H groups in total. The first-order chi connectivity index (χ1) is 10.1. The van der Waals surface area contributed by atoms with Crippen LogP contribution in [0.1, 0.15) is 28.5 Å². The molecule has 3 rings (SSSR count). The Labute approximate surface area is 122 Å². The van der Waals surface area contributed by atoms with Crippen molar-refractivity contribution in [3.8, 4) is 5.75 Å². The fraction of sp³-hybridized carbons (Fsp3) is 0.333. The average molecular weight is 286 g/mol. The van der Waals surface area contributed by atoms with Gasteiger partial charge in [-0.25, -0.2) is 0 Å². The number of carbonyl (C=O) groups excluding carboxylic acids is 1. The molecular weight excluding hydrogens is 268 g/mol. The van der Waals surface area contributed by atoms with Crippen molar-refractivity contribution >= 4 is 11.6 Å². The van der Waals surface area contributed by atoms with Gasteiger partial charge in [-0.05, 0) is 36.6 Å². The minimum atomic E-state index is -0.159. The number of hydrogen-bond acceptors (Lipinski definition) is 4. The Kier molecular flexibility index (Phi) is 3.29. The van der Waals surface area contributed by atoms with E-state index in [4.69, 9.17) is 5.73 Å². The number of fused-ring (bicyclic) bond motifs is 1. The van der Waals surface area contributed by atoms with Crippen molar-refractivity contribution in [2.24, 2.45) is 0 Å². The summed E-state index contributed by atoms with van der Waals surface area (Å²) in [5, 5.41) is 13.8. The van der Waals surface area contributed by atoms with Gasteiger partial charge in [0.25, 0.3) is 5.91 Å². The molecule has 1 aliphatic rings. The van der Waals surface area contributed by atoms with Gasteiger partial charge in [0.15, 0.2) is 5.69 Å². The standard InChI is InChI=1S/C15H18N4O2/c1-2-19-9-13(16)14(17-19)15(21)18-6-5-10-3-4-12(20)7-11(10)8-18/h3-4,7,9,20H,2,5-6,8,16H2,1H3. The van der Waals surface area contributed by atoms with Crippen LogP contribution in [0.25, 0.3) is 0 Å². The third-order valence-electron chi connectivity index (χ3n) is 3.81. The predicted octanol–water partition coefficient (Wildman–Crippen LogP) is 1.39. The molecule has 0 saturated heterocycles. The Hall–Kier alpha value is -2.50. The second-order valence-electron chi connectivity index (χ2n) is 5.22. The van der Waals surface area contributed by atoms with Gasteiger partial charge in [0, 0.05) is 25.8 Å². The fourth-order valence-electron chi connectivity index (χ4n) is 2.63. The highest BCUT2D eigenvalue weighted by Crippen LogP contribution is 2.24. The van der Waals surface area contributed by atoms with Gasteiger partial charge in [-0.3, -0.25) is 9.48 Å². The number of nitrogens with two attached hydrogens (primary N) is 1. The zero-order valence-electron chi connectivity index (χ0n) is 11.9. The first-order valence-corrected chi connectivity index (χ1v) is 7.01. The van der Waals surface area contributed by atoms with Crippen LogP contribution >= 0.6 is 0 Å². The first-order valence-electron chi connectivity index (χ1n) is 7.01. The summed E-state index contributed by atoms with van der Waals surface area (Å²) in [6, 6.07) is 5.30. The number of aromatic nitrogens is 2. The molecule has 0 spiro atoms. The van der Waals surface area contributed by atoms with Crippen molar-refractivity contribution in [1.82, 2.24) is 14.7 Å². The molecule has 0 aliphatic carbocycles. The molecule has 1 aromatic carbocycles. The van der Waals surface area contributed by atoms with Gasteiger partial charge < -0.3 is 15.7 Å². The van der Waals surface area contributed by atoms with Gasteiger partial charge in [0.2, 0.25) is 0 Å². The third-order valence-corrected chi connectivity index (χ3v) is 3.81. The highest BCUT2D eigenvalue weighted by atomic mass is 16.3. The van der Waals surface area contributed by atoms with Crippen molar-refractivity contribution in [2.75, 3.05) is 12.3 Å². The van der Waals surface area contributed by atoms with Crippen LogP contribution in [0.5, 0.6) is 5.75 Å². The van der Waals surface area contributed by atoms with Crippen LogP contribution in [0.2, 0.25) is 0 Å². The normalized spacial score (nSPS) is 14.0. The number of rotatable bonds is 2. The van der Waals surface area contributed by atoms with Gasteiger partial charge in [0.05, 0.1) is 5.69 Å². The molecule has 6 nitrogen and oxygen atoms in total. The van der Waals surface area contributed by atoms with Crippen LogP contribution in [-0.4, -0.2) is 32.2 Å². The molecule has 0 atom stereocenters. The van der Waals surface area contributed by atoms with E-state index in [1.165, 1.54) is 5.56 Å². The third kappa shape index (κ3) is 2.44. The summed E-state index contributed by atoms with van der Waals surface area (Å²) in [6.07, 6.45) is 2.45. The number of aromatic hydroxyl groups is 1. The number of hydrogen-bond donors (Lipinski definition) is 2. The maximum absolute atomic E-state index is 12.6. The summed E-state index contributed by atoms with van der Waals surface area (Å²) in [4.78, 5) is 14.3. The zero-order valence-corrected chi connectivity index (χ0v) is 11.9. The monoisotopic (exact) mass is 286 g/mol. The van der Waals surface area contributed by atoms with E-state index in [2.05, 4.69) is 5.10 Å². The second-order valence-corrected chi connectivity index (χ2v) is 5.22. The molecule has 110 valence electrons. The molecule has 2 aromatic rings. The molecule has 1 amide bonds. The van der Waals surface area contributed by atoms with Crippen LogP contribution < -0.4 is 5.73 Å². The van der Waals surface area contributed by atoms with Crippen LogP contribution in [0.4, 0.5) is 5.69 Å². The lowest BCUT2D eigenvalue weighted by Gasteiger charge is -2.28. The summed E-state index contributed by atoms with van der Waals surface area (Å²) < 4.78 is 1.66. The van der Waals surface area contributed by atoms with Gasteiger partial charge in [-0.15, -0.1) is 0 Å². The van der Waals surface area contributed by atoms with Crippen LogP contribution in [-0.2, 0) is 19.5 Å². The number of amides is 1. The maximum atomic E-state index is 12.6. The van der Waals surface area contributed by atoms with Gasteiger partial charge in [-0.2, -0.15) is 5.10 Å². The molecule has 0 radical (unpaired) electrons. The minimum absolute atomic E-state index is 0.159. The van der Waals surface area contributed by atoms with E-state index in [-0.39, 0.29) is 11.7 Å². The van der Waals surface area contributed by atoms with E-state index in [1.54, 1.807) is 27.9 Å². The minimum Gasteiger partial charge on any atom is -0.508 e. The molecule has 21 heavy (non-hydrogen) atoms. The molecule has 0 fully saturated rings. The zero-order chi connectivity index (χ0) is 15.0. The highest BCUT2D eigenvalue weighted by molar-refractivity contribution is 5.97. The first kappa shape index (κ1) is 13.5. The van der Waals surface area contributed by atoms with Crippen LogP contribution in [0.3, 0.4) is 0 Å². The summed E-state index contributed by atoms with van der Waals surface area (Å²) in [7, 11) is 0.